The van der Waals surface area contributed by atoms with E-state index in [0.29, 0.717) is 11.1 Å². The predicted octanol–water partition coefficient (Wildman–Crippen LogP) is 5.33. The molecule has 2 rings (SSSR count). The number of carbonyl (C=O) groups excluding carboxylic acids is 2. The van der Waals surface area contributed by atoms with E-state index in [1.807, 2.05) is 0 Å². The van der Waals surface area contributed by atoms with Gasteiger partial charge in [0.25, 0.3) is 5.69 Å². The van der Waals surface area contributed by atoms with E-state index in [0.717, 1.165) is 6.20 Å². The monoisotopic (exact) mass is 461 g/mol. The van der Waals surface area contributed by atoms with Crippen molar-refractivity contribution in [3.63, 3.8) is 0 Å². The first-order chi connectivity index (χ1) is 15.1. The summed E-state index contributed by atoms with van der Waals surface area (Å²) >= 11 is 0. The molecule has 0 aliphatic carbocycles. The molecular weight excluding hydrogens is 433 g/mol. The van der Waals surface area contributed by atoms with Crippen LogP contribution < -0.4 is 5.32 Å². The van der Waals surface area contributed by atoms with Crippen LogP contribution in [-0.2, 0) is 15.9 Å². The fourth-order valence-corrected chi connectivity index (χ4v) is 2.94. The number of nitrogens with zero attached hydrogens (tertiary/aromatic N) is 2. The number of ether oxygens (including phenoxy) is 2. The second-order valence-corrected chi connectivity index (χ2v) is 9.44. The second kappa shape index (κ2) is 9.51. The maximum atomic E-state index is 15.5. The average molecular weight is 461 g/mol. The third kappa shape index (κ3) is 6.96. The number of aromatic nitrogens is 1. The molecule has 0 saturated carbocycles. The molecule has 1 heterocycles. The molecule has 0 saturated heterocycles. The number of hydrogen-bond acceptors (Lipinski definition) is 7. The van der Waals surface area contributed by atoms with Gasteiger partial charge < -0.3 is 9.47 Å². The maximum Gasteiger partial charge on any atom is 0.413 e. The fraction of sp³-hybridized carbons (Fsp3) is 0.435. The van der Waals surface area contributed by atoms with E-state index in [4.69, 9.17) is 9.47 Å². The van der Waals surface area contributed by atoms with Crippen molar-refractivity contribution in [1.29, 1.82) is 0 Å². The van der Waals surface area contributed by atoms with Gasteiger partial charge in [-0.3, -0.25) is 15.4 Å². The minimum atomic E-state index is -0.963. The van der Waals surface area contributed by atoms with Crippen molar-refractivity contribution in [2.45, 2.75) is 66.1 Å². The number of esters is 1. The summed E-state index contributed by atoms with van der Waals surface area (Å²) in [6, 6.07) is 4.42. The smallest absolute Gasteiger partial charge is 0.413 e. The molecule has 1 N–H and O–H groups in total. The molecule has 0 aliphatic rings. The number of anilines is 1. The summed E-state index contributed by atoms with van der Waals surface area (Å²) < 4.78 is 26.0. The number of carbonyl (C=O) groups is 2. The topological polar surface area (TPSA) is 121 Å². The van der Waals surface area contributed by atoms with Crippen LogP contribution in [0.1, 0.15) is 68.6 Å². The van der Waals surface area contributed by atoms with Gasteiger partial charge in [-0.15, -0.1) is 0 Å². The molecule has 10 heteroatoms. The van der Waals surface area contributed by atoms with Crippen LogP contribution in [0.15, 0.2) is 24.4 Å². The summed E-state index contributed by atoms with van der Waals surface area (Å²) in [5, 5.41) is 13.5. The van der Waals surface area contributed by atoms with Crippen LogP contribution in [0.25, 0.3) is 0 Å². The zero-order valence-corrected chi connectivity index (χ0v) is 19.7. The SMILES string of the molecule is Cc1c(Cc2c(C(=O)OC(C)(C)C)cnc(NC(=O)OC(C)(C)C)c2F)cccc1[N+](=O)[O-]. The molecule has 0 unspecified atom stereocenters. The van der Waals surface area contributed by atoms with E-state index in [1.165, 1.54) is 12.1 Å². The third-order valence-electron chi connectivity index (χ3n) is 4.34. The summed E-state index contributed by atoms with van der Waals surface area (Å²) in [6.45, 7) is 11.5. The van der Waals surface area contributed by atoms with Crippen molar-refractivity contribution in [3.8, 4) is 0 Å². The lowest BCUT2D eigenvalue weighted by molar-refractivity contribution is -0.385. The number of rotatable bonds is 5. The molecule has 1 amide bonds. The Labute approximate surface area is 191 Å². The van der Waals surface area contributed by atoms with Gasteiger partial charge in [0, 0.05) is 29.8 Å². The highest BCUT2D eigenvalue weighted by Gasteiger charge is 2.27. The van der Waals surface area contributed by atoms with Crippen molar-refractivity contribution in [2.24, 2.45) is 0 Å². The summed E-state index contributed by atoms with van der Waals surface area (Å²) in [6.07, 6.45) is 0.0158. The van der Waals surface area contributed by atoms with Crippen molar-refractivity contribution >= 4 is 23.6 Å². The molecule has 0 radical (unpaired) electrons. The Hall–Kier alpha value is -3.56. The first kappa shape index (κ1) is 25.7. The Morgan fingerprint density at radius 1 is 1.12 bits per heavy atom. The quantitative estimate of drug-likeness (QED) is 0.363. The van der Waals surface area contributed by atoms with Crippen LogP contribution in [0, 0.1) is 22.9 Å². The third-order valence-corrected chi connectivity index (χ3v) is 4.34. The summed E-state index contributed by atoms with van der Waals surface area (Å²) in [5.74, 6) is -2.21. The molecule has 1 aromatic carbocycles. The molecule has 0 bridgehead atoms. The molecule has 9 nitrogen and oxygen atoms in total. The largest absolute Gasteiger partial charge is 0.456 e. The lowest BCUT2D eigenvalue weighted by Gasteiger charge is -2.22. The van der Waals surface area contributed by atoms with Gasteiger partial charge in [-0.25, -0.2) is 19.0 Å². The minimum absolute atomic E-state index is 0.117. The number of nitro benzene ring substituents is 1. The van der Waals surface area contributed by atoms with E-state index < -0.39 is 39.8 Å². The number of pyridine rings is 1. The molecule has 0 aliphatic heterocycles. The number of benzene rings is 1. The molecule has 1 aromatic heterocycles. The number of nitrogens with one attached hydrogen (secondary N) is 1. The van der Waals surface area contributed by atoms with Crippen LogP contribution >= 0.6 is 0 Å². The second-order valence-electron chi connectivity index (χ2n) is 9.44. The number of halogens is 1. The normalized spacial score (nSPS) is 11.6. The first-order valence-corrected chi connectivity index (χ1v) is 10.2. The van der Waals surface area contributed by atoms with Crippen LogP contribution in [0.3, 0.4) is 0 Å². The van der Waals surface area contributed by atoms with E-state index in [2.05, 4.69) is 10.3 Å². The fourth-order valence-electron chi connectivity index (χ4n) is 2.94. The summed E-state index contributed by atoms with van der Waals surface area (Å²) in [5.41, 5.74) is -1.30. The van der Waals surface area contributed by atoms with Gasteiger partial charge in [-0.1, -0.05) is 12.1 Å². The summed E-state index contributed by atoms with van der Waals surface area (Å²) in [4.78, 5) is 39.5. The Balaban J connectivity index is 2.56. The van der Waals surface area contributed by atoms with E-state index in [1.54, 1.807) is 54.5 Å². The van der Waals surface area contributed by atoms with Gasteiger partial charge >= 0.3 is 12.1 Å². The van der Waals surface area contributed by atoms with Crippen molar-refractivity contribution < 1.29 is 28.4 Å². The van der Waals surface area contributed by atoms with E-state index in [9.17, 15) is 19.7 Å². The van der Waals surface area contributed by atoms with E-state index in [-0.39, 0.29) is 23.2 Å². The highest BCUT2D eigenvalue weighted by molar-refractivity contribution is 5.92. The Kier molecular flexibility index (Phi) is 7.41. The zero-order valence-electron chi connectivity index (χ0n) is 19.7. The maximum absolute atomic E-state index is 15.5. The van der Waals surface area contributed by atoms with E-state index >= 15 is 4.39 Å². The first-order valence-electron chi connectivity index (χ1n) is 10.2. The standard InChI is InChI=1S/C23H28FN3O6/c1-13-14(9-8-10-17(13)27(30)31)11-15-16(20(28)32-22(2,3)4)12-25-19(18(15)24)26-21(29)33-23(5,6)7/h8-10,12H,11H2,1-7H3,(H,25,26,29). The Morgan fingerprint density at radius 3 is 2.27 bits per heavy atom. The van der Waals surface area contributed by atoms with Gasteiger partial charge in [0.1, 0.15) is 11.2 Å². The predicted molar refractivity (Wildman–Crippen MR) is 120 cm³/mol. The molecule has 33 heavy (non-hydrogen) atoms. The van der Waals surface area contributed by atoms with Crippen molar-refractivity contribution in [1.82, 2.24) is 4.98 Å². The molecule has 2 aromatic rings. The Morgan fingerprint density at radius 2 is 1.73 bits per heavy atom. The van der Waals surface area contributed by atoms with Gasteiger partial charge in [0.15, 0.2) is 11.6 Å². The average Bonchev–Trinajstić information content (AvgIpc) is 2.63. The van der Waals surface area contributed by atoms with Crippen LogP contribution in [0.4, 0.5) is 20.7 Å². The summed E-state index contributed by atoms with van der Waals surface area (Å²) in [7, 11) is 0. The van der Waals surface area contributed by atoms with Crippen molar-refractivity contribution in [3.05, 3.63) is 62.6 Å². The highest BCUT2D eigenvalue weighted by Crippen LogP contribution is 2.29. The number of amides is 1. The minimum Gasteiger partial charge on any atom is -0.456 e. The highest BCUT2D eigenvalue weighted by atomic mass is 19.1. The van der Waals surface area contributed by atoms with Crippen molar-refractivity contribution in [2.75, 3.05) is 5.32 Å². The number of hydrogen-bond donors (Lipinski definition) is 1. The van der Waals surface area contributed by atoms with Gasteiger partial charge in [0.2, 0.25) is 0 Å². The van der Waals surface area contributed by atoms with Crippen LogP contribution in [0.2, 0.25) is 0 Å². The van der Waals surface area contributed by atoms with Gasteiger partial charge in [-0.05, 0) is 54.0 Å². The van der Waals surface area contributed by atoms with Gasteiger partial charge in [-0.2, -0.15) is 0 Å². The van der Waals surface area contributed by atoms with Crippen LogP contribution in [0.5, 0.6) is 0 Å². The number of nitro groups is 1. The molecule has 0 spiro atoms. The van der Waals surface area contributed by atoms with Gasteiger partial charge in [0.05, 0.1) is 10.5 Å². The molecular formula is C23H28FN3O6. The lowest BCUT2D eigenvalue weighted by atomic mass is 9.96. The molecule has 0 atom stereocenters. The van der Waals surface area contributed by atoms with Crippen LogP contribution in [-0.4, -0.2) is 33.2 Å². The Bertz CT molecular complexity index is 1090. The molecule has 0 fully saturated rings. The lowest BCUT2D eigenvalue weighted by Crippen LogP contribution is -2.28. The molecule has 178 valence electrons. The zero-order chi connectivity index (χ0) is 25.1.